The van der Waals surface area contributed by atoms with Crippen molar-refractivity contribution in [3.05, 3.63) is 29.4 Å². The average molecular weight is 277 g/mol. The Morgan fingerprint density at radius 1 is 1.45 bits per heavy atom. The van der Waals surface area contributed by atoms with Crippen LogP contribution < -0.4 is 5.32 Å². The molecule has 0 unspecified atom stereocenters. The van der Waals surface area contributed by atoms with E-state index in [9.17, 15) is 4.79 Å². The van der Waals surface area contributed by atoms with Crippen LogP contribution in [0.25, 0.3) is 0 Å². The Morgan fingerprint density at radius 2 is 2.20 bits per heavy atom. The van der Waals surface area contributed by atoms with Gasteiger partial charge >= 0.3 is 0 Å². The zero-order chi connectivity index (χ0) is 14.8. The summed E-state index contributed by atoms with van der Waals surface area (Å²) in [6, 6.07) is 0. The normalized spacial score (nSPS) is 11.6. The van der Waals surface area contributed by atoms with Gasteiger partial charge < -0.3 is 9.84 Å². The lowest BCUT2D eigenvalue weighted by Crippen LogP contribution is -2.42. The van der Waals surface area contributed by atoms with Crippen molar-refractivity contribution in [3.63, 3.8) is 0 Å². The molecule has 20 heavy (non-hydrogen) atoms. The Bertz CT molecular complexity index is 566. The first-order valence-corrected chi connectivity index (χ1v) is 6.48. The Balaban J connectivity index is 1.99. The van der Waals surface area contributed by atoms with E-state index in [2.05, 4.69) is 20.8 Å². The Hall–Kier alpha value is -2.18. The number of rotatable bonds is 5. The molecule has 0 atom stereocenters. The molecular formula is C13H19N5O2. The van der Waals surface area contributed by atoms with Crippen molar-refractivity contribution >= 4 is 5.91 Å². The van der Waals surface area contributed by atoms with E-state index in [1.807, 2.05) is 27.7 Å². The number of nitrogens with zero attached hydrogens (tertiary/aromatic N) is 4. The van der Waals surface area contributed by atoms with E-state index in [1.54, 1.807) is 17.1 Å². The third-order valence-corrected chi connectivity index (χ3v) is 3.15. The Labute approximate surface area is 117 Å². The van der Waals surface area contributed by atoms with Crippen LogP contribution in [0.3, 0.4) is 0 Å². The van der Waals surface area contributed by atoms with Gasteiger partial charge in [0.1, 0.15) is 5.76 Å². The quantitative estimate of drug-likeness (QED) is 0.891. The Kier molecular flexibility index (Phi) is 3.87. The average Bonchev–Trinajstić information content (AvgIpc) is 2.96. The molecule has 0 fully saturated rings. The van der Waals surface area contributed by atoms with Crippen molar-refractivity contribution < 1.29 is 9.32 Å². The zero-order valence-electron chi connectivity index (χ0n) is 12.2. The number of nitrogens with one attached hydrogen (secondary N) is 1. The van der Waals surface area contributed by atoms with Crippen molar-refractivity contribution in [1.29, 1.82) is 0 Å². The molecule has 0 aliphatic heterocycles. The first kappa shape index (κ1) is 14.2. The predicted molar refractivity (Wildman–Crippen MR) is 71.8 cm³/mol. The SMILES string of the molecule is Cc1noc(C)c1C(C)(C)NC(=O)CCn1ccnn1. The summed E-state index contributed by atoms with van der Waals surface area (Å²) in [7, 11) is 0. The second kappa shape index (κ2) is 5.44. The molecule has 7 nitrogen and oxygen atoms in total. The number of carbonyl (C=O) groups is 1. The monoisotopic (exact) mass is 277 g/mol. The fourth-order valence-corrected chi connectivity index (χ4v) is 2.42. The topological polar surface area (TPSA) is 85.8 Å². The standard InChI is InChI=1S/C13H19N5O2/c1-9-12(10(2)20-16-9)13(3,4)15-11(19)5-7-18-8-6-14-17-18/h6,8H,5,7H2,1-4H3,(H,15,19). The summed E-state index contributed by atoms with van der Waals surface area (Å²) >= 11 is 0. The van der Waals surface area contributed by atoms with Crippen LogP contribution >= 0.6 is 0 Å². The minimum Gasteiger partial charge on any atom is -0.361 e. The van der Waals surface area contributed by atoms with E-state index >= 15 is 0 Å². The molecule has 2 rings (SSSR count). The largest absolute Gasteiger partial charge is 0.361 e. The molecule has 0 aromatic carbocycles. The summed E-state index contributed by atoms with van der Waals surface area (Å²) in [4.78, 5) is 12.0. The lowest BCUT2D eigenvalue weighted by atomic mass is 9.92. The third-order valence-electron chi connectivity index (χ3n) is 3.15. The number of aromatic nitrogens is 4. The van der Waals surface area contributed by atoms with Crippen LogP contribution in [0.5, 0.6) is 0 Å². The van der Waals surface area contributed by atoms with Crippen molar-refractivity contribution in [2.24, 2.45) is 0 Å². The second-order valence-corrected chi connectivity index (χ2v) is 5.29. The molecule has 2 heterocycles. The van der Waals surface area contributed by atoms with Crippen LogP contribution in [0.15, 0.2) is 16.9 Å². The van der Waals surface area contributed by atoms with E-state index in [-0.39, 0.29) is 5.91 Å². The molecule has 108 valence electrons. The molecule has 7 heteroatoms. The highest BCUT2D eigenvalue weighted by molar-refractivity contribution is 5.77. The molecule has 2 aromatic heterocycles. The van der Waals surface area contributed by atoms with E-state index in [0.29, 0.717) is 13.0 Å². The number of aryl methyl sites for hydroxylation is 3. The summed E-state index contributed by atoms with van der Waals surface area (Å²) in [6.07, 6.45) is 3.66. The first-order valence-electron chi connectivity index (χ1n) is 6.48. The molecule has 1 amide bonds. The van der Waals surface area contributed by atoms with Gasteiger partial charge in [0.05, 0.1) is 24.0 Å². The van der Waals surface area contributed by atoms with Gasteiger partial charge in [0.25, 0.3) is 0 Å². The van der Waals surface area contributed by atoms with Gasteiger partial charge in [-0.15, -0.1) is 5.10 Å². The highest BCUT2D eigenvalue weighted by Crippen LogP contribution is 2.26. The molecule has 2 aromatic rings. The van der Waals surface area contributed by atoms with E-state index in [4.69, 9.17) is 4.52 Å². The van der Waals surface area contributed by atoms with Gasteiger partial charge in [-0.1, -0.05) is 10.4 Å². The summed E-state index contributed by atoms with van der Waals surface area (Å²) in [5, 5.41) is 14.5. The van der Waals surface area contributed by atoms with Gasteiger partial charge in [0.2, 0.25) is 5.91 Å². The van der Waals surface area contributed by atoms with Crippen molar-refractivity contribution in [2.45, 2.75) is 46.2 Å². The van der Waals surface area contributed by atoms with Crippen molar-refractivity contribution in [3.8, 4) is 0 Å². The van der Waals surface area contributed by atoms with E-state index in [1.165, 1.54) is 0 Å². The molecule has 0 spiro atoms. The van der Waals surface area contributed by atoms with Crippen molar-refractivity contribution in [1.82, 2.24) is 25.5 Å². The van der Waals surface area contributed by atoms with E-state index in [0.717, 1.165) is 17.0 Å². The maximum absolute atomic E-state index is 12.0. The lowest BCUT2D eigenvalue weighted by Gasteiger charge is -2.26. The summed E-state index contributed by atoms with van der Waals surface area (Å²) in [5.41, 5.74) is 1.20. The highest BCUT2D eigenvalue weighted by Gasteiger charge is 2.29. The first-order chi connectivity index (χ1) is 9.40. The van der Waals surface area contributed by atoms with Crippen LogP contribution in [0.4, 0.5) is 0 Å². The van der Waals surface area contributed by atoms with Gasteiger partial charge in [-0.3, -0.25) is 9.48 Å². The van der Waals surface area contributed by atoms with Crippen LogP contribution in [-0.4, -0.2) is 26.1 Å². The second-order valence-electron chi connectivity index (χ2n) is 5.29. The summed E-state index contributed by atoms with van der Waals surface area (Å²) < 4.78 is 6.79. The molecule has 1 N–H and O–H groups in total. The molecule has 0 saturated heterocycles. The number of carbonyl (C=O) groups excluding carboxylic acids is 1. The fourth-order valence-electron chi connectivity index (χ4n) is 2.42. The van der Waals surface area contributed by atoms with Crippen LogP contribution in [0.1, 0.15) is 37.3 Å². The van der Waals surface area contributed by atoms with Gasteiger partial charge in [0.15, 0.2) is 0 Å². The van der Waals surface area contributed by atoms with E-state index < -0.39 is 5.54 Å². The zero-order valence-corrected chi connectivity index (χ0v) is 12.2. The number of hydrogen-bond acceptors (Lipinski definition) is 5. The Morgan fingerprint density at radius 3 is 2.75 bits per heavy atom. The number of hydrogen-bond donors (Lipinski definition) is 1. The molecule has 0 bridgehead atoms. The maximum atomic E-state index is 12.0. The maximum Gasteiger partial charge on any atom is 0.222 e. The lowest BCUT2D eigenvalue weighted by molar-refractivity contribution is -0.123. The minimum absolute atomic E-state index is 0.0505. The number of amides is 1. The third kappa shape index (κ3) is 3.04. The molecule has 0 radical (unpaired) electrons. The van der Waals surface area contributed by atoms with Crippen LogP contribution in [0.2, 0.25) is 0 Å². The van der Waals surface area contributed by atoms with Crippen LogP contribution in [-0.2, 0) is 16.9 Å². The highest BCUT2D eigenvalue weighted by atomic mass is 16.5. The summed E-state index contributed by atoms with van der Waals surface area (Å²) in [5.74, 6) is 0.676. The molecule has 0 aliphatic rings. The van der Waals surface area contributed by atoms with Gasteiger partial charge in [0, 0.05) is 18.2 Å². The predicted octanol–water partition coefficient (Wildman–Crippen LogP) is 1.32. The summed E-state index contributed by atoms with van der Waals surface area (Å²) in [6.45, 7) is 8.09. The van der Waals surface area contributed by atoms with Crippen LogP contribution in [0, 0.1) is 13.8 Å². The fraction of sp³-hybridized carbons (Fsp3) is 0.538. The smallest absolute Gasteiger partial charge is 0.222 e. The minimum atomic E-state index is -0.520. The van der Waals surface area contributed by atoms with Crippen molar-refractivity contribution in [2.75, 3.05) is 0 Å². The van der Waals surface area contributed by atoms with Gasteiger partial charge in [-0.2, -0.15) is 0 Å². The van der Waals surface area contributed by atoms with Gasteiger partial charge in [-0.05, 0) is 27.7 Å². The molecule has 0 saturated carbocycles. The molecular weight excluding hydrogens is 258 g/mol. The molecule has 0 aliphatic carbocycles. The van der Waals surface area contributed by atoms with Gasteiger partial charge in [-0.25, -0.2) is 0 Å².